The van der Waals surface area contributed by atoms with E-state index >= 15 is 0 Å². The van der Waals surface area contributed by atoms with Crippen molar-refractivity contribution in [3.8, 4) is 0 Å². The Balaban J connectivity index is 2.53. The molecule has 2 rings (SSSR count). The van der Waals surface area contributed by atoms with Gasteiger partial charge in [-0.3, -0.25) is 4.79 Å². The van der Waals surface area contributed by atoms with E-state index in [1.807, 2.05) is 6.20 Å². The summed E-state index contributed by atoms with van der Waals surface area (Å²) in [5.74, 6) is 0.652. The molecular formula is C9H12N2O. The fourth-order valence-corrected chi connectivity index (χ4v) is 1.40. The third-order valence-corrected chi connectivity index (χ3v) is 2.28. The Labute approximate surface area is 70.8 Å². The van der Waals surface area contributed by atoms with Gasteiger partial charge in [0.2, 0.25) is 0 Å². The van der Waals surface area contributed by atoms with E-state index in [2.05, 4.69) is 0 Å². The molecule has 1 aromatic rings. The van der Waals surface area contributed by atoms with E-state index in [1.165, 1.54) is 18.4 Å². The van der Waals surface area contributed by atoms with Gasteiger partial charge in [0, 0.05) is 13.2 Å². The molecule has 1 aromatic heterocycles. The number of anilines is 1. The molecular weight excluding hydrogens is 152 g/mol. The number of aryl methyl sites for hydroxylation is 1. The lowest BCUT2D eigenvalue weighted by Crippen LogP contribution is -2.20. The van der Waals surface area contributed by atoms with E-state index in [-0.39, 0.29) is 5.56 Å². The summed E-state index contributed by atoms with van der Waals surface area (Å²) in [6.07, 6.45) is 4.35. The molecule has 0 amide bonds. The highest BCUT2D eigenvalue weighted by Crippen LogP contribution is 2.39. The second kappa shape index (κ2) is 2.37. The summed E-state index contributed by atoms with van der Waals surface area (Å²) in [6, 6.07) is 1.81. The standard InChI is InChI=1S/C9H12N2O/c1-11-5-7(6-2-3-6)4-8(10)9(11)12/h4-6H,2-3,10H2,1H3. The van der Waals surface area contributed by atoms with Gasteiger partial charge in [-0.15, -0.1) is 0 Å². The van der Waals surface area contributed by atoms with Gasteiger partial charge in [-0.2, -0.15) is 0 Å². The van der Waals surface area contributed by atoms with Crippen LogP contribution in [0.15, 0.2) is 17.1 Å². The van der Waals surface area contributed by atoms with Crippen molar-refractivity contribution in [2.75, 3.05) is 5.73 Å². The van der Waals surface area contributed by atoms with Crippen LogP contribution in [-0.2, 0) is 7.05 Å². The highest BCUT2D eigenvalue weighted by Gasteiger charge is 2.24. The molecule has 1 heterocycles. The van der Waals surface area contributed by atoms with Crippen molar-refractivity contribution in [3.05, 3.63) is 28.2 Å². The smallest absolute Gasteiger partial charge is 0.273 e. The van der Waals surface area contributed by atoms with Gasteiger partial charge in [0.15, 0.2) is 0 Å². The molecule has 1 saturated carbocycles. The quantitative estimate of drug-likeness (QED) is 0.668. The maximum atomic E-state index is 11.2. The number of nitrogen functional groups attached to an aromatic ring is 1. The van der Waals surface area contributed by atoms with Gasteiger partial charge < -0.3 is 10.3 Å². The van der Waals surface area contributed by atoms with Gasteiger partial charge >= 0.3 is 0 Å². The average Bonchev–Trinajstić information content (AvgIpc) is 2.81. The van der Waals surface area contributed by atoms with Crippen LogP contribution in [0.4, 0.5) is 5.69 Å². The van der Waals surface area contributed by atoms with Crippen LogP contribution >= 0.6 is 0 Å². The highest BCUT2D eigenvalue weighted by molar-refractivity contribution is 5.40. The molecule has 0 bridgehead atoms. The highest BCUT2D eigenvalue weighted by atomic mass is 16.1. The first-order valence-electron chi connectivity index (χ1n) is 4.14. The lowest BCUT2D eigenvalue weighted by molar-refractivity contribution is 0.844. The Bertz CT molecular complexity index is 337. The molecule has 64 valence electrons. The summed E-state index contributed by atoms with van der Waals surface area (Å²) >= 11 is 0. The molecule has 0 aromatic carbocycles. The van der Waals surface area contributed by atoms with E-state index in [0.717, 1.165) is 0 Å². The second-order valence-corrected chi connectivity index (χ2v) is 3.42. The summed E-state index contributed by atoms with van der Waals surface area (Å²) in [6.45, 7) is 0. The van der Waals surface area contributed by atoms with Crippen LogP contribution in [0, 0.1) is 0 Å². The van der Waals surface area contributed by atoms with Gasteiger partial charge in [-0.05, 0) is 30.4 Å². The third-order valence-electron chi connectivity index (χ3n) is 2.28. The average molecular weight is 164 g/mol. The topological polar surface area (TPSA) is 48.0 Å². The van der Waals surface area contributed by atoms with Gasteiger partial charge in [-0.1, -0.05) is 0 Å². The number of nitrogens with two attached hydrogens (primary N) is 1. The predicted molar refractivity (Wildman–Crippen MR) is 48.1 cm³/mol. The van der Waals surface area contributed by atoms with Crippen molar-refractivity contribution >= 4 is 5.69 Å². The fraction of sp³-hybridized carbons (Fsp3) is 0.444. The van der Waals surface area contributed by atoms with Gasteiger partial charge in [-0.25, -0.2) is 0 Å². The zero-order valence-electron chi connectivity index (χ0n) is 7.08. The second-order valence-electron chi connectivity index (χ2n) is 3.42. The van der Waals surface area contributed by atoms with E-state index < -0.39 is 0 Å². The number of rotatable bonds is 1. The Morgan fingerprint density at radius 1 is 1.58 bits per heavy atom. The zero-order chi connectivity index (χ0) is 8.72. The molecule has 0 unspecified atom stereocenters. The maximum absolute atomic E-state index is 11.2. The maximum Gasteiger partial charge on any atom is 0.273 e. The lowest BCUT2D eigenvalue weighted by atomic mass is 10.2. The summed E-state index contributed by atoms with van der Waals surface area (Å²) in [5.41, 5.74) is 7.02. The van der Waals surface area contributed by atoms with Crippen LogP contribution < -0.4 is 11.3 Å². The number of aromatic nitrogens is 1. The molecule has 2 N–H and O–H groups in total. The number of hydrogen-bond acceptors (Lipinski definition) is 2. The Kier molecular flexibility index (Phi) is 1.46. The summed E-state index contributed by atoms with van der Waals surface area (Å²) < 4.78 is 1.56. The molecule has 0 aliphatic heterocycles. The summed E-state index contributed by atoms with van der Waals surface area (Å²) in [5, 5.41) is 0. The van der Waals surface area contributed by atoms with E-state index in [1.54, 1.807) is 17.7 Å². The molecule has 12 heavy (non-hydrogen) atoms. The van der Waals surface area contributed by atoms with E-state index in [0.29, 0.717) is 11.6 Å². The monoisotopic (exact) mass is 164 g/mol. The normalized spacial score (nSPS) is 16.4. The minimum absolute atomic E-state index is 0.0978. The zero-order valence-corrected chi connectivity index (χ0v) is 7.08. The first-order chi connectivity index (χ1) is 5.68. The van der Waals surface area contributed by atoms with Crippen molar-refractivity contribution in [1.29, 1.82) is 0 Å². The van der Waals surface area contributed by atoms with Gasteiger partial charge in [0.1, 0.15) is 0 Å². The Hall–Kier alpha value is -1.25. The van der Waals surface area contributed by atoms with Crippen LogP contribution in [0.5, 0.6) is 0 Å². The molecule has 1 aliphatic carbocycles. The SMILES string of the molecule is Cn1cc(C2CC2)cc(N)c1=O. The Morgan fingerprint density at radius 3 is 2.75 bits per heavy atom. The minimum atomic E-state index is -0.0978. The first-order valence-corrected chi connectivity index (χ1v) is 4.14. The van der Waals surface area contributed by atoms with Crippen molar-refractivity contribution in [3.63, 3.8) is 0 Å². The summed E-state index contributed by atoms with van der Waals surface area (Å²) in [4.78, 5) is 11.2. The molecule has 1 aliphatic rings. The first kappa shape index (κ1) is 7.40. The molecule has 3 heteroatoms. The number of pyridine rings is 1. The van der Waals surface area contributed by atoms with Crippen LogP contribution in [-0.4, -0.2) is 4.57 Å². The third kappa shape index (κ3) is 1.11. The van der Waals surface area contributed by atoms with Crippen molar-refractivity contribution < 1.29 is 0 Å². The largest absolute Gasteiger partial charge is 0.394 e. The van der Waals surface area contributed by atoms with Crippen molar-refractivity contribution in [2.24, 2.45) is 7.05 Å². The molecule has 1 fully saturated rings. The van der Waals surface area contributed by atoms with Crippen molar-refractivity contribution in [1.82, 2.24) is 4.57 Å². The predicted octanol–water partition coefficient (Wildman–Crippen LogP) is 0.845. The minimum Gasteiger partial charge on any atom is -0.394 e. The molecule has 0 spiro atoms. The van der Waals surface area contributed by atoms with Gasteiger partial charge in [0.05, 0.1) is 5.69 Å². The number of hydrogen-bond donors (Lipinski definition) is 1. The molecule has 0 saturated heterocycles. The molecule has 0 radical (unpaired) electrons. The van der Waals surface area contributed by atoms with Crippen LogP contribution in [0.25, 0.3) is 0 Å². The van der Waals surface area contributed by atoms with Gasteiger partial charge in [0.25, 0.3) is 5.56 Å². The fourth-order valence-electron chi connectivity index (χ4n) is 1.40. The molecule has 3 nitrogen and oxygen atoms in total. The van der Waals surface area contributed by atoms with Crippen LogP contribution in [0.3, 0.4) is 0 Å². The Morgan fingerprint density at radius 2 is 2.25 bits per heavy atom. The van der Waals surface area contributed by atoms with E-state index in [9.17, 15) is 4.79 Å². The van der Waals surface area contributed by atoms with E-state index in [4.69, 9.17) is 5.73 Å². The van der Waals surface area contributed by atoms with Crippen LogP contribution in [0.2, 0.25) is 0 Å². The lowest BCUT2D eigenvalue weighted by Gasteiger charge is -2.03. The molecule has 0 atom stereocenters. The van der Waals surface area contributed by atoms with Crippen LogP contribution in [0.1, 0.15) is 24.3 Å². The number of nitrogens with zero attached hydrogens (tertiary/aromatic N) is 1. The summed E-state index contributed by atoms with van der Waals surface area (Å²) in [7, 11) is 1.74. The van der Waals surface area contributed by atoms with Crippen molar-refractivity contribution in [2.45, 2.75) is 18.8 Å².